The van der Waals surface area contributed by atoms with Gasteiger partial charge in [-0.1, -0.05) is 6.92 Å². The molecule has 0 spiro atoms. The molecule has 17 heavy (non-hydrogen) atoms. The molecule has 1 N–H and O–H groups in total. The molecule has 0 aromatic rings. The first-order valence-electron chi connectivity index (χ1n) is 6.68. The molecule has 1 saturated heterocycles. The van der Waals surface area contributed by atoms with Crippen LogP contribution in [0.4, 0.5) is 0 Å². The van der Waals surface area contributed by atoms with Gasteiger partial charge in [0.05, 0.1) is 19.6 Å². The van der Waals surface area contributed by atoms with Crippen LogP contribution in [0.25, 0.3) is 0 Å². The van der Waals surface area contributed by atoms with Gasteiger partial charge >= 0.3 is 5.97 Å². The van der Waals surface area contributed by atoms with E-state index < -0.39 is 5.97 Å². The summed E-state index contributed by atoms with van der Waals surface area (Å²) in [5.41, 5.74) is 0. The smallest absolute Gasteiger partial charge is 0.305 e. The predicted octanol–water partition coefficient (Wildman–Crippen LogP) is 1.60. The second kappa shape index (κ2) is 5.36. The van der Waals surface area contributed by atoms with Crippen molar-refractivity contribution in [3.05, 3.63) is 0 Å². The van der Waals surface area contributed by atoms with Crippen LogP contribution < -0.4 is 0 Å². The van der Waals surface area contributed by atoms with Crippen LogP contribution >= 0.6 is 0 Å². The molecule has 2 rings (SSSR count). The molecule has 4 heteroatoms. The Bertz CT molecular complexity index is 282. The van der Waals surface area contributed by atoms with Gasteiger partial charge in [-0.15, -0.1) is 0 Å². The highest BCUT2D eigenvalue weighted by molar-refractivity contribution is 5.66. The largest absolute Gasteiger partial charge is 0.481 e. The number of likely N-dealkylation sites (tertiary alicyclic amines) is 1. The van der Waals surface area contributed by atoms with Gasteiger partial charge in [-0.3, -0.25) is 9.69 Å². The Labute approximate surface area is 103 Å². The predicted molar refractivity (Wildman–Crippen MR) is 64.9 cm³/mol. The molecule has 1 unspecified atom stereocenters. The van der Waals surface area contributed by atoms with Gasteiger partial charge in [0, 0.05) is 18.6 Å². The van der Waals surface area contributed by atoms with E-state index in [2.05, 4.69) is 18.7 Å². The van der Waals surface area contributed by atoms with Crippen molar-refractivity contribution in [2.75, 3.05) is 19.8 Å². The summed E-state index contributed by atoms with van der Waals surface area (Å²) in [4.78, 5) is 13.0. The summed E-state index contributed by atoms with van der Waals surface area (Å²) < 4.78 is 5.53. The Hall–Kier alpha value is -0.610. The minimum Gasteiger partial charge on any atom is -0.481 e. The van der Waals surface area contributed by atoms with Gasteiger partial charge in [0.15, 0.2) is 0 Å². The standard InChI is InChI=1S/C13H23NO3/c1-3-9(2)14-7-10-6-11(10)12(14)8-17-5-4-13(15)16/h9-12H,3-8H2,1-2H3,(H,15,16)/t9?,10-,11-,12-/m1/s1. The fourth-order valence-corrected chi connectivity index (χ4v) is 2.93. The van der Waals surface area contributed by atoms with E-state index in [0.29, 0.717) is 25.3 Å². The van der Waals surface area contributed by atoms with E-state index in [9.17, 15) is 4.79 Å². The van der Waals surface area contributed by atoms with E-state index >= 15 is 0 Å². The Morgan fingerprint density at radius 3 is 3.00 bits per heavy atom. The number of ether oxygens (including phenoxy) is 1. The summed E-state index contributed by atoms with van der Waals surface area (Å²) in [6.45, 7) is 6.76. The van der Waals surface area contributed by atoms with Crippen LogP contribution in [-0.2, 0) is 9.53 Å². The van der Waals surface area contributed by atoms with E-state index in [1.165, 1.54) is 19.4 Å². The molecular formula is C13H23NO3. The molecule has 1 heterocycles. The molecule has 1 aliphatic heterocycles. The first kappa shape index (κ1) is 12.8. The van der Waals surface area contributed by atoms with E-state index in [4.69, 9.17) is 9.84 Å². The molecule has 4 atom stereocenters. The van der Waals surface area contributed by atoms with E-state index in [1.54, 1.807) is 0 Å². The van der Waals surface area contributed by atoms with Crippen molar-refractivity contribution < 1.29 is 14.6 Å². The zero-order valence-corrected chi connectivity index (χ0v) is 10.8. The zero-order chi connectivity index (χ0) is 12.4. The van der Waals surface area contributed by atoms with Crippen LogP contribution in [0.3, 0.4) is 0 Å². The number of hydrogen-bond donors (Lipinski definition) is 1. The van der Waals surface area contributed by atoms with Crippen molar-refractivity contribution in [3.8, 4) is 0 Å². The third-order valence-corrected chi connectivity index (χ3v) is 4.25. The number of fused-ring (bicyclic) bond motifs is 1. The summed E-state index contributed by atoms with van der Waals surface area (Å²) >= 11 is 0. The maximum absolute atomic E-state index is 10.4. The highest BCUT2D eigenvalue weighted by atomic mass is 16.5. The maximum Gasteiger partial charge on any atom is 0.305 e. The molecule has 2 fully saturated rings. The van der Waals surface area contributed by atoms with E-state index in [0.717, 1.165) is 11.8 Å². The average molecular weight is 241 g/mol. The number of carboxylic acid groups (broad SMARTS) is 1. The van der Waals surface area contributed by atoms with Crippen molar-refractivity contribution >= 4 is 5.97 Å². The van der Waals surface area contributed by atoms with Crippen LogP contribution in [0.2, 0.25) is 0 Å². The third-order valence-electron chi connectivity index (χ3n) is 4.25. The number of nitrogens with zero attached hydrogens (tertiary/aromatic N) is 1. The lowest BCUT2D eigenvalue weighted by Gasteiger charge is -2.32. The quantitative estimate of drug-likeness (QED) is 0.688. The van der Waals surface area contributed by atoms with Gasteiger partial charge < -0.3 is 9.84 Å². The lowest BCUT2D eigenvalue weighted by molar-refractivity contribution is -0.138. The minimum absolute atomic E-state index is 0.115. The monoisotopic (exact) mass is 241 g/mol. The van der Waals surface area contributed by atoms with Crippen LogP contribution in [0.1, 0.15) is 33.1 Å². The second-order valence-electron chi connectivity index (χ2n) is 5.40. The highest BCUT2D eigenvalue weighted by Crippen LogP contribution is 2.50. The van der Waals surface area contributed by atoms with Crippen molar-refractivity contribution in [2.24, 2.45) is 11.8 Å². The van der Waals surface area contributed by atoms with Crippen LogP contribution in [-0.4, -0.2) is 47.8 Å². The second-order valence-corrected chi connectivity index (χ2v) is 5.40. The molecule has 4 nitrogen and oxygen atoms in total. The Kier molecular flexibility index (Phi) is 4.05. The van der Waals surface area contributed by atoms with Crippen molar-refractivity contribution in [1.82, 2.24) is 4.90 Å². The first-order chi connectivity index (χ1) is 8.13. The normalized spacial score (nSPS) is 33.4. The summed E-state index contributed by atoms with van der Waals surface area (Å²) in [6, 6.07) is 1.15. The fraction of sp³-hybridized carbons (Fsp3) is 0.923. The number of piperidine rings is 1. The third kappa shape index (κ3) is 2.99. The Morgan fingerprint density at radius 1 is 1.59 bits per heavy atom. The summed E-state index contributed by atoms with van der Waals surface area (Å²) in [5.74, 6) is 0.922. The molecule has 0 bridgehead atoms. The molecule has 0 aromatic carbocycles. The maximum atomic E-state index is 10.4. The van der Waals surface area contributed by atoms with Gasteiger partial charge in [0.2, 0.25) is 0 Å². The summed E-state index contributed by atoms with van der Waals surface area (Å²) in [5, 5.41) is 8.55. The van der Waals surface area contributed by atoms with Gasteiger partial charge in [-0.25, -0.2) is 0 Å². The summed E-state index contributed by atoms with van der Waals surface area (Å²) in [7, 11) is 0. The first-order valence-corrected chi connectivity index (χ1v) is 6.68. The number of carbonyl (C=O) groups is 1. The van der Waals surface area contributed by atoms with E-state index in [-0.39, 0.29) is 6.42 Å². The summed E-state index contributed by atoms with van der Waals surface area (Å²) in [6.07, 6.45) is 2.63. The van der Waals surface area contributed by atoms with Gasteiger partial charge in [0.25, 0.3) is 0 Å². The van der Waals surface area contributed by atoms with Gasteiger partial charge in [-0.05, 0) is 31.6 Å². The van der Waals surface area contributed by atoms with Crippen molar-refractivity contribution in [1.29, 1.82) is 0 Å². The molecule has 2 aliphatic rings. The number of aliphatic carboxylic acids is 1. The lowest BCUT2D eigenvalue weighted by Crippen LogP contribution is -2.42. The molecule has 0 amide bonds. The van der Waals surface area contributed by atoms with Crippen molar-refractivity contribution in [2.45, 2.75) is 45.2 Å². The SMILES string of the molecule is CCC(C)N1C[C@H]2C[C@H]2[C@H]1COCCC(=O)O. The molecule has 0 radical (unpaired) electrons. The Morgan fingerprint density at radius 2 is 2.35 bits per heavy atom. The lowest BCUT2D eigenvalue weighted by atomic mass is 10.1. The Balaban J connectivity index is 1.75. The average Bonchev–Trinajstić information content (AvgIpc) is 2.98. The highest BCUT2D eigenvalue weighted by Gasteiger charge is 2.52. The van der Waals surface area contributed by atoms with Crippen LogP contribution in [0, 0.1) is 11.8 Å². The van der Waals surface area contributed by atoms with Crippen LogP contribution in [0.5, 0.6) is 0 Å². The van der Waals surface area contributed by atoms with Gasteiger partial charge in [0.1, 0.15) is 0 Å². The van der Waals surface area contributed by atoms with E-state index in [1.807, 2.05) is 0 Å². The van der Waals surface area contributed by atoms with Gasteiger partial charge in [-0.2, -0.15) is 0 Å². The molecule has 0 aromatic heterocycles. The molecular weight excluding hydrogens is 218 g/mol. The van der Waals surface area contributed by atoms with Crippen molar-refractivity contribution in [3.63, 3.8) is 0 Å². The van der Waals surface area contributed by atoms with Crippen LogP contribution in [0.15, 0.2) is 0 Å². The molecule has 98 valence electrons. The number of hydrogen-bond acceptors (Lipinski definition) is 3. The fourth-order valence-electron chi connectivity index (χ4n) is 2.93. The topological polar surface area (TPSA) is 49.8 Å². The minimum atomic E-state index is -0.778. The molecule has 1 aliphatic carbocycles. The number of carboxylic acids is 1. The number of rotatable bonds is 7. The zero-order valence-electron chi connectivity index (χ0n) is 10.8. The molecule has 1 saturated carbocycles.